The topological polar surface area (TPSA) is 110 Å². The van der Waals surface area contributed by atoms with Gasteiger partial charge < -0.3 is 25.0 Å². The molecule has 5 rings (SSSR count). The van der Waals surface area contributed by atoms with Gasteiger partial charge >= 0.3 is 12.3 Å². The molecule has 2 aromatic carbocycles. The highest BCUT2D eigenvalue weighted by molar-refractivity contribution is 5.92. The van der Waals surface area contributed by atoms with Gasteiger partial charge in [-0.25, -0.2) is 4.79 Å². The smallest absolute Gasteiger partial charge is 0.416 e. The number of ether oxygens (including phenoxy) is 2. The van der Waals surface area contributed by atoms with E-state index in [9.17, 15) is 27.6 Å². The standard InChI is InChI=1S/C36H41F3N4O5/c1-22(42-32(44)31-17-26(11-14-40-31)24-12-15-43(16-13-24)33(45)28-20-47-21-28)23-5-7-25(8-6-23)30-18-29(36(37,38)39)10-9-27(30)19-41-34(46)48-35(2,3)4/h5-11,14,17-18,22,24,28H,12-13,15-16,19-21H2,1-4H3,(H,41,46)(H,42,44)/t22-/m1/s1. The predicted octanol–water partition coefficient (Wildman–Crippen LogP) is 6.64. The molecule has 256 valence electrons. The van der Waals surface area contributed by atoms with Crippen molar-refractivity contribution in [1.29, 1.82) is 0 Å². The van der Waals surface area contributed by atoms with Crippen LogP contribution in [0.15, 0.2) is 60.8 Å². The fourth-order valence-electron chi connectivity index (χ4n) is 5.86. The van der Waals surface area contributed by atoms with Gasteiger partial charge in [-0.2, -0.15) is 13.2 Å². The van der Waals surface area contributed by atoms with Crippen molar-refractivity contribution in [1.82, 2.24) is 20.5 Å². The second-order valence-corrected chi connectivity index (χ2v) is 13.4. The van der Waals surface area contributed by atoms with Gasteiger partial charge in [0.05, 0.1) is 30.7 Å². The van der Waals surface area contributed by atoms with Crippen LogP contribution in [0.1, 0.15) is 85.2 Å². The molecule has 0 aliphatic carbocycles. The van der Waals surface area contributed by atoms with E-state index < -0.39 is 29.5 Å². The second kappa shape index (κ2) is 14.3. The summed E-state index contributed by atoms with van der Waals surface area (Å²) < 4.78 is 51.2. The predicted molar refractivity (Wildman–Crippen MR) is 173 cm³/mol. The fraction of sp³-hybridized carbons (Fsp3) is 0.444. The first-order valence-electron chi connectivity index (χ1n) is 16.1. The quantitative estimate of drug-likeness (QED) is 0.279. The van der Waals surface area contributed by atoms with Gasteiger partial charge in [0.25, 0.3) is 5.91 Å². The van der Waals surface area contributed by atoms with Crippen molar-refractivity contribution in [2.24, 2.45) is 5.92 Å². The lowest BCUT2D eigenvalue weighted by Crippen LogP contribution is -2.47. The Morgan fingerprint density at radius 2 is 1.69 bits per heavy atom. The molecule has 2 N–H and O–H groups in total. The molecule has 0 saturated carbocycles. The van der Waals surface area contributed by atoms with Crippen LogP contribution in [0.5, 0.6) is 0 Å². The van der Waals surface area contributed by atoms with E-state index in [1.165, 1.54) is 6.07 Å². The fourth-order valence-corrected chi connectivity index (χ4v) is 5.86. The molecule has 2 fully saturated rings. The van der Waals surface area contributed by atoms with E-state index in [4.69, 9.17) is 9.47 Å². The molecule has 3 heterocycles. The van der Waals surface area contributed by atoms with Crippen molar-refractivity contribution in [2.45, 2.75) is 70.8 Å². The first-order chi connectivity index (χ1) is 22.7. The molecular weight excluding hydrogens is 625 g/mol. The number of carbonyl (C=O) groups excluding carboxylic acids is 3. The lowest BCUT2D eigenvalue weighted by Gasteiger charge is -2.36. The maximum Gasteiger partial charge on any atom is 0.416 e. The number of alkyl halides is 3. The summed E-state index contributed by atoms with van der Waals surface area (Å²) in [6.07, 6.45) is -1.99. The molecule has 1 aromatic heterocycles. The molecule has 12 heteroatoms. The number of hydrogen-bond acceptors (Lipinski definition) is 6. The Labute approximate surface area is 278 Å². The molecule has 2 aliphatic rings. The number of pyridine rings is 1. The normalized spacial score (nSPS) is 16.5. The third-order valence-corrected chi connectivity index (χ3v) is 8.61. The Morgan fingerprint density at radius 1 is 1.00 bits per heavy atom. The Bertz CT molecular complexity index is 1630. The lowest BCUT2D eigenvalue weighted by molar-refractivity contribution is -0.151. The highest BCUT2D eigenvalue weighted by Crippen LogP contribution is 2.35. The minimum Gasteiger partial charge on any atom is -0.444 e. The van der Waals surface area contributed by atoms with Crippen molar-refractivity contribution in [3.8, 4) is 11.1 Å². The molecule has 2 aliphatic heterocycles. The van der Waals surface area contributed by atoms with Crippen LogP contribution < -0.4 is 10.6 Å². The molecule has 9 nitrogen and oxygen atoms in total. The number of likely N-dealkylation sites (tertiary alicyclic amines) is 1. The van der Waals surface area contributed by atoms with Crippen LogP contribution in [0.2, 0.25) is 0 Å². The van der Waals surface area contributed by atoms with Gasteiger partial charge in [-0.05, 0) is 98.5 Å². The Morgan fingerprint density at radius 3 is 2.29 bits per heavy atom. The molecule has 0 radical (unpaired) electrons. The van der Waals surface area contributed by atoms with E-state index in [1.54, 1.807) is 57.3 Å². The third-order valence-electron chi connectivity index (χ3n) is 8.61. The number of amides is 3. The van der Waals surface area contributed by atoms with Crippen molar-refractivity contribution in [3.63, 3.8) is 0 Å². The summed E-state index contributed by atoms with van der Waals surface area (Å²) in [5.41, 5.74) is 1.83. The number of nitrogens with one attached hydrogen (secondary N) is 2. The van der Waals surface area contributed by atoms with Crippen molar-refractivity contribution < 1.29 is 37.0 Å². The number of halogens is 3. The number of benzene rings is 2. The number of rotatable bonds is 8. The van der Waals surface area contributed by atoms with Gasteiger partial charge in [0, 0.05) is 25.8 Å². The van der Waals surface area contributed by atoms with Gasteiger partial charge in [0.1, 0.15) is 11.3 Å². The monoisotopic (exact) mass is 666 g/mol. The zero-order valence-corrected chi connectivity index (χ0v) is 27.5. The number of hydrogen-bond donors (Lipinski definition) is 2. The number of carbonyl (C=O) groups is 3. The summed E-state index contributed by atoms with van der Waals surface area (Å²) in [5, 5.41) is 5.58. The zero-order chi connectivity index (χ0) is 34.6. The van der Waals surface area contributed by atoms with E-state index in [1.807, 2.05) is 17.9 Å². The lowest BCUT2D eigenvalue weighted by atomic mass is 9.89. The van der Waals surface area contributed by atoms with Gasteiger partial charge in [0.2, 0.25) is 5.91 Å². The van der Waals surface area contributed by atoms with Crippen LogP contribution in [0.3, 0.4) is 0 Å². The molecule has 3 aromatic rings. The van der Waals surface area contributed by atoms with E-state index in [-0.39, 0.29) is 35.9 Å². The summed E-state index contributed by atoms with van der Waals surface area (Å²) >= 11 is 0. The van der Waals surface area contributed by atoms with E-state index >= 15 is 0 Å². The summed E-state index contributed by atoms with van der Waals surface area (Å²) in [6, 6.07) is 13.6. The molecule has 0 unspecified atom stereocenters. The second-order valence-electron chi connectivity index (χ2n) is 13.4. The van der Waals surface area contributed by atoms with Crippen molar-refractivity contribution in [2.75, 3.05) is 26.3 Å². The number of aromatic nitrogens is 1. The Balaban J connectivity index is 1.23. The highest BCUT2D eigenvalue weighted by atomic mass is 19.4. The number of nitrogens with zero attached hydrogens (tertiary/aromatic N) is 2. The molecule has 2 saturated heterocycles. The minimum absolute atomic E-state index is 0.0258. The summed E-state index contributed by atoms with van der Waals surface area (Å²) in [6.45, 7) is 9.27. The molecule has 1 atom stereocenters. The van der Waals surface area contributed by atoms with Crippen molar-refractivity contribution in [3.05, 3.63) is 88.7 Å². The summed E-state index contributed by atoms with van der Waals surface area (Å²) in [5.74, 6) is -0.00481. The molecule has 48 heavy (non-hydrogen) atoms. The van der Waals surface area contributed by atoms with Crippen LogP contribution in [0.4, 0.5) is 18.0 Å². The zero-order valence-electron chi connectivity index (χ0n) is 27.5. The van der Waals surface area contributed by atoms with Gasteiger partial charge in [-0.1, -0.05) is 30.3 Å². The minimum atomic E-state index is -4.54. The molecule has 0 spiro atoms. The third kappa shape index (κ3) is 8.71. The van der Waals surface area contributed by atoms with Crippen LogP contribution in [0.25, 0.3) is 11.1 Å². The number of alkyl carbamates (subject to hydrolysis) is 1. The maximum atomic E-state index is 13.6. The van der Waals surface area contributed by atoms with Crippen LogP contribution in [-0.4, -0.2) is 59.7 Å². The summed E-state index contributed by atoms with van der Waals surface area (Å²) in [7, 11) is 0. The van der Waals surface area contributed by atoms with Crippen LogP contribution in [0, 0.1) is 5.92 Å². The molecule has 0 bridgehead atoms. The first-order valence-corrected chi connectivity index (χ1v) is 16.1. The van der Waals surface area contributed by atoms with E-state index in [0.29, 0.717) is 43.0 Å². The molecule has 3 amide bonds. The highest BCUT2D eigenvalue weighted by Gasteiger charge is 2.33. The maximum absolute atomic E-state index is 13.6. The largest absolute Gasteiger partial charge is 0.444 e. The van der Waals surface area contributed by atoms with E-state index in [0.717, 1.165) is 36.1 Å². The average molecular weight is 667 g/mol. The first kappa shape index (κ1) is 34.9. The Kier molecular flexibility index (Phi) is 10.4. The van der Waals surface area contributed by atoms with Crippen LogP contribution >= 0.6 is 0 Å². The van der Waals surface area contributed by atoms with Crippen LogP contribution in [-0.2, 0) is 27.0 Å². The van der Waals surface area contributed by atoms with E-state index in [2.05, 4.69) is 15.6 Å². The summed E-state index contributed by atoms with van der Waals surface area (Å²) in [4.78, 5) is 44.2. The van der Waals surface area contributed by atoms with Gasteiger partial charge in [-0.3, -0.25) is 14.6 Å². The SMILES string of the molecule is C[C@@H](NC(=O)c1cc(C2CCN(C(=O)C3COC3)CC2)ccn1)c1ccc(-c2cc(C(F)(F)F)ccc2CNC(=O)OC(C)(C)C)cc1. The average Bonchev–Trinajstić information content (AvgIpc) is 3.02. The van der Waals surface area contributed by atoms with Crippen molar-refractivity contribution >= 4 is 17.9 Å². The van der Waals surface area contributed by atoms with Gasteiger partial charge in [0.15, 0.2) is 0 Å². The Hall–Kier alpha value is -4.45. The number of piperidine rings is 1. The molecular formula is C36H41F3N4O5. The van der Waals surface area contributed by atoms with Gasteiger partial charge in [-0.15, -0.1) is 0 Å².